The second kappa shape index (κ2) is 6.42. The second-order valence-electron chi connectivity index (χ2n) is 5.09. The van der Waals surface area contributed by atoms with E-state index in [-0.39, 0.29) is 0 Å². The van der Waals surface area contributed by atoms with Crippen molar-refractivity contribution >= 4 is 5.57 Å². The van der Waals surface area contributed by atoms with Gasteiger partial charge < -0.3 is 4.90 Å². The van der Waals surface area contributed by atoms with Gasteiger partial charge in [0.05, 0.1) is 0 Å². The highest BCUT2D eigenvalue weighted by atomic mass is 15.1. The van der Waals surface area contributed by atoms with Crippen LogP contribution in [0.2, 0.25) is 0 Å². The molecule has 0 aromatic heterocycles. The first-order chi connectivity index (χ1) is 8.88. The molecule has 0 radical (unpaired) electrons. The molecule has 102 valence electrons. The van der Waals surface area contributed by atoms with Crippen LogP contribution in [0.5, 0.6) is 0 Å². The molecule has 0 unspecified atom stereocenters. The van der Waals surface area contributed by atoms with Crippen LogP contribution in [-0.2, 0) is 0 Å². The van der Waals surface area contributed by atoms with Crippen molar-refractivity contribution < 1.29 is 0 Å². The lowest BCUT2D eigenvalue weighted by Crippen LogP contribution is -2.11. The Kier molecular flexibility index (Phi) is 5.17. The summed E-state index contributed by atoms with van der Waals surface area (Å²) in [4.78, 5) is 2.06. The molecule has 1 nitrogen and oxygen atoms in total. The average molecular weight is 255 g/mol. The number of rotatable bonds is 5. The van der Waals surface area contributed by atoms with E-state index < -0.39 is 0 Å². The fraction of sp³-hybridized carbons (Fsp3) is 0.333. The minimum atomic E-state index is 0.955. The average Bonchev–Trinajstić information content (AvgIpc) is 2.38. The van der Waals surface area contributed by atoms with Crippen LogP contribution in [0.4, 0.5) is 0 Å². The Balaban J connectivity index is 3.17. The molecule has 1 aromatic rings. The molecule has 0 saturated heterocycles. The minimum Gasteiger partial charge on any atom is -0.351 e. The van der Waals surface area contributed by atoms with Gasteiger partial charge in [-0.15, -0.1) is 0 Å². The number of nitrogens with zero attached hydrogens (tertiary/aromatic N) is 1. The summed E-state index contributed by atoms with van der Waals surface area (Å²) in [6.07, 6.45) is 3.16. The zero-order valence-electron chi connectivity index (χ0n) is 12.9. The highest BCUT2D eigenvalue weighted by Crippen LogP contribution is 2.25. The van der Waals surface area contributed by atoms with Gasteiger partial charge in [-0.25, -0.2) is 0 Å². The number of likely N-dealkylation sites (N-methyl/N-ethyl adjacent to an activating group) is 1. The van der Waals surface area contributed by atoms with Crippen molar-refractivity contribution in [3.05, 3.63) is 65.5 Å². The van der Waals surface area contributed by atoms with E-state index in [2.05, 4.69) is 63.2 Å². The standard InChI is InChI=1S/C18H25N/c1-8-17(12-19(7)16(6)13(2)3)18-11-9-10-14(4)15(18)5/h9-12H,2,6,8H2,1,3-5,7H3/b17-12+. The Morgan fingerprint density at radius 3 is 2.42 bits per heavy atom. The van der Waals surface area contributed by atoms with Crippen LogP contribution >= 0.6 is 0 Å². The van der Waals surface area contributed by atoms with Gasteiger partial charge in [0, 0.05) is 18.9 Å². The molecule has 0 saturated carbocycles. The van der Waals surface area contributed by atoms with E-state index in [1.165, 1.54) is 22.3 Å². The summed E-state index contributed by atoms with van der Waals surface area (Å²) in [6.45, 7) is 16.5. The van der Waals surface area contributed by atoms with E-state index in [0.29, 0.717) is 0 Å². The summed E-state index contributed by atoms with van der Waals surface area (Å²) in [5.41, 5.74) is 7.28. The number of hydrogen-bond acceptors (Lipinski definition) is 1. The van der Waals surface area contributed by atoms with Gasteiger partial charge >= 0.3 is 0 Å². The van der Waals surface area contributed by atoms with E-state index >= 15 is 0 Å². The van der Waals surface area contributed by atoms with E-state index in [0.717, 1.165) is 17.7 Å². The Morgan fingerprint density at radius 1 is 1.26 bits per heavy atom. The first-order valence-electron chi connectivity index (χ1n) is 6.73. The van der Waals surface area contributed by atoms with Gasteiger partial charge in [-0.05, 0) is 55.0 Å². The van der Waals surface area contributed by atoms with Gasteiger partial charge in [0.15, 0.2) is 0 Å². The molecule has 0 amide bonds. The van der Waals surface area contributed by atoms with Crippen molar-refractivity contribution in [3.8, 4) is 0 Å². The molecule has 19 heavy (non-hydrogen) atoms. The molecule has 0 aliphatic carbocycles. The molecular weight excluding hydrogens is 230 g/mol. The number of allylic oxidation sites excluding steroid dienone is 2. The van der Waals surface area contributed by atoms with Crippen molar-refractivity contribution in [2.75, 3.05) is 7.05 Å². The van der Waals surface area contributed by atoms with Crippen molar-refractivity contribution in [2.24, 2.45) is 0 Å². The molecule has 0 spiro atoms. The predicted molar refractivity (Wildman–Crippen MR) is 85.9 cm³/mol. The Morgan fingerprint density at radius 2 is 1.89 bits per heavy atom. The summed E-state index contributed by atoms with van der Waals surface area (Å²) < 4.78 is 0. The van der Waals surface area contributed by atoms with Crippen LogP contribution in [0, 0.1) is 13.8 Å². The zero-order chi connectivity index (χ0) is 14.6. The monoisotopic (exact) mass is 255 g/mol. The highest BCUT2D eigenvalue weighted by Gasteiger charge is 2.07. The van der Waals surface area contributed by atoms with Crippen molar-refractivity contribution in [3.63, 3.8) is 0 Å². The van der Waals surface area contributed by atoms with Gasteiger partial charge in [0.1, 0.15) is 0 Å². The third-order valence-electron chi connectivity index (χ3n) is 3.60. The fourth-order valence-electron chi connectivity index (χ4n) is 2.06. The zero-order valence-corrected chi connectivity index (χ0v) is 12.9. The third kappa shape index (κ3) is 3.60. The number of benzene rings is 1. The maximum Gasteiger partial charge on any atom is 0.0354 e. The van der Waals surface area contributed by atoms with Crippen LogP contribution in [0.15, 0.2) is 48.8 Å². The molecule has 0 heterocycles. The number of hydrogen-bond donors (Lipinski definition) is 0. The summed E-state index contributed by atoms with van der Waals surface area (Å²) in [5, 5.41) is 0. The lowest BCUT2D eigenvalue weighted by Gasteiger charge is -2.20. The Labute approximate surface area is 118 Å². The van der Waals surface area contributed by atoms with Crippen molar-refractivity contribution in [2.45, 2.75) is 34.1 Å². The van der Waals surface area contributed by atoms with Crippen LogP contribution in [0.3, 0.4) is 0 Å². The molecule has 0 fully saturated rings. The first-order valence-corrected chi connectivity index (χ1v) is 6.73. The molecule has 1 heteroatoms. The van der Waals surface area contributed by atoms with Gasteiger partial charge in [0.2, 0.25) is 0 Å². The topological polar surface area (TPSA) is 3.24 Å². The summed E-state index contributed by atoms with van der Waals surface area (Å²) >= 11 is 0. The Bertz CT molecular complexity index is 520. The van der Waals surface area contributed by atoms with Crippen molar-refractivity contribution in [1.29, 1.82) is 0 Å². The van der Waals surface area contributed by atoms with Crippen molar-refractivity contribution in [1.82, 2.24) is 4.90 Å². The fourth-order valence-corrected chi connectivity index (χ4v) is 2.06. The van der Waals surface area contributed by atoms with E-state index in [1.54, 1.807) is 0 Å². The number of aryl methyl sites for hydroxylation is 1. The first kappa shape index (κ1) is 15.3. The maximum absolute atomic E-state index is 4.06. The summed E-state index contributed by atoms with van der Waals surface area (Å²) in [7, 11) is 2.03. The second-order valence-corrected chi connectivity index (χ2v) is 5.09. The smallest absolute Gasteiger partial charge is 0.0354 e. The van der Waals surface area contributed by atoms with E-state index in [9.17, 15) is 0 Å². The molecule has 1 aromatic carbocycles. The van der Waals surface area contributed by atoms with Gasteiger partial charge in [-0.2, -0.15) is 0 Å². The van der Waals surface area contributed by atoms with Gasteiger partial charge in [0.25, 0.3) is 0 Å². The largest absolute Gasteiger partial charge is 0.351 e. The SMILES string of the molecule is C=C(C)C(=C)N(C)/C=C(\CC)c1cccc(C)c1C. The predicted octanol–water partition coefficient (Wildman–Crippen LogP) is 5.08. The lowest BCUT2D eigenvalue weighted by molar-refractivity contribution is 0.582. The van der Waals surface area contributed by atoms with Crippen LogP contribution in [0.25, 0.3) is 5.57 Å². The molecule has 0 atom stereocenters. The highest BCUT2D eigenvalue weighted by molar-refractivity contribution is 5.69. The molecule has 0 aliphatic heterocycles. The lowest BCUT2D eigenvalue weighted by atomic mass is 9.96. The molecule has 0 aliphatic rings. The normalized spacial score (nSPS) is 11.3. The summed E-state index contributed by atoms with van der Waals surface area (Å²) in [6, 6.07) is 6.46. The van der Waals surface area contributed by atoms with E-state index in [4.69, 9.17) is 0 Å². The quantitative estimate of drug-likeness (QED) is 0.663. The molecule has 0 N–H and O–H groups in total. The van der Waals surface area contributed by atoms with Crippen LogP contribution < -0.4 is 0 Å². The summed E-state index contributed by atoms with van der Waals surface area (Å²) in [5.74, 6) is 0. The third-order valence-corrected chi connectivity index (χ3v) is 3.60. The molecule has 0 bridgehead atoms. The van der Waals surface area contributed by atoms with Crippen LogP contribution in [-0.4, -0.2) is 11.9 Å². The molecule has 1 rings (SSSR count). The van der Waals surface area contributed by atoms with Gasteiger partial charge in [-0.3, -0.25) is 0 Å². The Hall–Kier alpha value is -1.76. The minimum absolute atomic E-state index is 0.955. The van der Waals surface area contributed by atoms with Gasteiger partial charge in [-0.1, -0.05) is 38.3 Å². The molecular formula is C18H25N. The maximum atomic E-state index is 4.06. The van der Waals surface area contributed by atoms with E-state index in [1.807, 2.05) is 14.0 Å². The van der Waals surface area contributed by atoms with Crippen LogP contribution in [0.1, 0.15) is 37.0 Å².